The Balaban J connectivity index is 2.41. The molecule has 0 saturated heterocycles. The first kappa shape index (κ1) is 11.7. The van der Waals surface area contributed by atoms with Gasteiger partial charge in [-0.2, -0.15) is 0 Å². The molecule has 0 radical (unpaired) electrons. The Kier molecular flexibility index (Phi) is 5.15. The van der Waals surface area contributed by atoms with E-state index in [1.807, 2.05) is 12.1 Å². The lowest BCUT2D eigenvalue weighted by Crippen LogP contribution is -2.89. The van der Waals surface area contributed by atoms with Crippen LogP contribution in [0.2, 0.25) is 0 Å². The Morgan fingerprint density at radius 3 is 2.50 bits per heavy atom. The number of halogens is 1. The fraction of sp³-hybridized carbons (Fsp3) is 0.455. The third-order valence-electron chi connectivity index (χ3n) is 2.36. The van der Waals surface area contributed by atoms with Crippen molar-refractivity contribution in [3.63, 3.8) is 0 Å². The Hall–Kier alpha value is -0.380. The van der Waals surface area contributed by atoms with Crippen LogP contribution in [0, 0.1) is 0 Å². The van der Waals surface area contributed by atoms with Crippen molar-refractivity contribution in [2.45, 2.75) is 25.9 Å². The van der Waals surface area contributed by atoms with E-state index in [9.17, 15) is 0 Å². The molecule has 1 atom stereocenters. The molecule has 0 aromatic heterocycles. The number of aliphatic hydroxyl groups excluding tert-OH is 1. The summed E-state index contributed by atoms with van der Waals surface area (Å²) < 4.78 is 1.11. The SMILES string of the molecule is CC[C@@H](CO)[NH2+]Cc1ccc(Br)cc1. The zero-order valence-electron chi connectivity index (χ0n) is 8.41. The number of benzene rings is 1. The molecule has 2 nitrogen and oxygen atoms in total. The van der Waals surface area contributed by atoms with Crippen molar-refractivity contribution in [1.29, 1.82) is 0 Å². The van der Waals surface area contributed by atoms with E-state index >= 15 is 0 Å². The van der Waals surface area contributed by atoms with Crippen molar-refractivity contribution < 1.29 is 10.4 Å². The second-order valence-corrected chi connectivity index (χ2v) is 4.33. The minimum Gasteiger partial charge on any atom is -0.390 e. The van der Waals surface area contributed by atoms with Gasteiger partial charge in [0, 0.05) is 10.0 Å². The highest BCUT2D eigenvalue weighted by Crippen LogP contribution is 2.09. The van der Waals surface area contributed by atoms with E-state index in [0.717, 1.165) is 17.4 Å². The lowest BCUT2D eigenvalue weighted by atomic mass is 10.2. The first-order valence-electron chi connectivity index (χ1n) is 4.95. The molecule has 0 aliphatic carbocycles. The second kappa shape index (κ2) is 6.17. The summed E-state index contributed by atoms with van der Waals surface area (Å²) in [6.45, 7) is 3.29. The van der Waals surface area contributed by atoms with E-state index in [0.29, 0.717) is 6.04 Å². The lowest BCUT2D eigenvalue weighted by Gasteiger charge is -2.10. The van der Waals surface area contributed by atoms with Crippen LogP contribution in [0.25, 0.3) is 0 Å². The average molecular weight is 259 g/mol. The zero-order chi connectivity index (χ0) is 10.4. The summed E-state index contributed by atoms with van der Waals surface area (Å²) in [5.41, 5.74) is 1.29. The summed E-state index contributed by atoms with van der Waals surface area (Å²) in [6.07, 6.45) is 1.01. The molecule has 14 heavy (non-hydrogen) atoms. The van der Waals surface area contributed by atoms with Crippen molar-refractivity contribution in [3.05, 3.63) is 34.3 Å². The highest BCUT2D eigenvalue weighted by Gasteiger charge is 2.06. The van der Waals surface area contributed by atoms with Gasteiger partial charge in [-0.15, -0.1) is 0 Å². The third kappa shape index (κ3) is 3.78. The molecule has 0 aliphatic heterocycles. The van der Waals surface area contributed by atoms with E-state index in [1.54, 1.807) is 0 Å². The molecule has 0 unspecified atom stereocenters. The molecule has 1 aromatic rings. The van der Waals surface area contributed by atoms with Crippen LogP contribution < -0.4 is 5.32 Å². The van der Waals surface area contributed by atoms with Gasteiger partial charge in [0.2, 0.25) is 0 Å². The molecule has 0 heterocycles. The number of hydrogen-bond donors (Lipinski definition) is 2. The van der Waals surface area contributed by atoms with Crippen LogP contribution in [0.4, 0.5) is 0 Å². The van der Waals surface area contributed by atoms with E-state index in [4.69, 9.17) is 5.11 Å². The minimum absolute atomic E-state index is 0.257. The van der Waals surface area contributed by atoms with Crippen LogP contribution in [0.1, 0.15) is 18.9 Å². The van der Waals surface area contributed by atoms with Gasteiger partial charge in [-0.25, -0.2) is 0 Å². The summed E-state index contributed by atoms with van der Waals surface area (Å²) in [4.78, 5) is 0. The predicted octanol–water partition coefficient (Wildman–Crippen LogP) is 1.28. The van der Waals surface area contributed by atoms with Crippen molar-refractivity contribution in [1.82, 2.24) is 0 Å². The number of hydrogen-bond acceptors (Lipinski definition) is 1. The van der Waals surface area contributed by atoms with Gasteiger partial charge in [0.05, 0.1) is 6.61 Å². The molecule has 3 heteroatoms. The van der Waals surface area contributed by atoms with Crippen molar-refractivity contribution in [2.24, 2.45) is 0 Å². The second-order valence-electron chi connectivity index (χ2n) is 3.42. The Bertz CT molecular complexity index is 256. The third-order valence-corrected chi connectivity index (χ3v) is 2.89. The van der Waals surface area contributed by atoms with E-state index in [-0.39, 0.29) is 6.61 Å². The van der Waals surface area contributed by atoms with Crippen LogP contribution in [-0.2, 0) is 6.54 Å². The molecule has 0 bridgehead atoms. The molecule has 0 saturated carbocycles. The highest BCUT2D eigenvalue weighted by atomic mass is 79.9. The molecule has 0 aliphatic rings. The van der Waals surface area contributed by atoms with Gasteiger partial charge in [0.15, 0.2) is 0 Å². The van der Waals surface area contributed by atoms with Gasteiger partial charge in [-0.3, -0.25) is 0 Å². The smallest absolute Gasteiger partial charge is 0.109 e. The largest absolute Gasteiger partial charge is 0.390 e. The molecule has 1 aromatic carbocycles. The molecular weight excluding hydrogens is 242 g/mol. The Labute approximate surface area is 93.5 Å². The topological polar surface area (TPSA) is 36.8 Å². The Morgan fingerprint density at radius 2 is 2.00 bits per heavy atom. The first-order valence-corrected chi connectivity index (χ1v) is 5.74. The summed E-state index contributed by atoms with van der Waals surface area (Å²) in [5.74, 6) is 0. The summed E-state index contributed by atoms with van der Waals surface area (Å²) in [7, 11) is 0. The van der Waals surface area contributed by atoms with Crippen LogP contribution in [0.15, 0.2) is 28.7 Å². The standard InChI is InChI=1S/C11H16BrNO/c1-2-11(8-14)13-7-9-3-5-10(12)6-4-9/h3-6,11,13-14H,2,7-8H2,1H3/p+1/t11-/m0/s1. The molecule has 0 fully saturated rings. The highest BCUT2D eigenvalue weighted by molar-refractivity contribution is 9.10. The van der Waals surface area contributed by atoms with Gasteiger partial charge < -0.3 is 10.4 Å². The predicted molar refractivity (Wildman–Crippen MR) is 60.9 cm³/mol. The molecule has 3 N–H and O–H groups in total. The molecule has 0 spiro atoms. The molecular formula is C11H17BrNO+. The van der Waals surface area contributed by atoms with Gasteiger partial charge in [-0.05, 0) is 18.6 Å². The van der Waals surface area contributed by atoms with Gasteiger partial charge in [0.25, 0.3) is 0 Å². The van der Waals surface area contributed by atoms with Crippen LogP contribution >= 0.6 is 15.9 Å². The van der Waals surface area contributed by atoms with Crippen molar-refractivity contribution in [2.75, 3.05) is 6.61 Å². The van der Waals surface area contributed by atoms with Gasteiger partial charge in [0.1, 0.15) is 12.6 Å². The van der Waals surface area contributed by atoms with Crippen molar-refractivity contribution in [3.8, 4) is 0 Å². The van der Waals surface area contributed by atoms with E-state index in [2.05, 4.69) is 40.3 Å². The maximum absolute atomic E-state index is 9.01. The minimum atomic E-state index is 0.257. The summed E-state index contributed by atoms with van der Waals surface area (Å²) >= 11 is 3.40. The van der Waals surface area contributed by atoms with Gasteiger partial charge in [-0.1, -0.05) is 35.0 Å². The maximum atomic E-state index is 9.01. The Morgan fingerprint density at radius 1 is 1.36 bits per heavy atom. The summed E-state index contributed by atoms with van der Waals surface area (Å²) in [6, 6.07) is 8.63. The lowest BCUT2D eigenvalue weighted by molar-refractivity contribution is -0.706. The number of aliphatic hydroxyl groups is 1. The average Bonchev–Trinajstić information content (AvgIpc) is 2.22. The quantitative estimate of drug-likeness (QED) is 0.821. The number of quaternary nitrogens is 1. The van der Waals surface area contributed by atoms with E-state index < -0.39 is 0 Å². The van der Waals surface area contributed by atoms with Crippen molar-refractivity contribution >= 4 is 15.9 Å². The zero-order valence-corrected chi connectivity index (χ0v) is 10.00. The molecule has 1 rings (SSSR count). The monoisotopic (exact) mass is 258 g/mol. The molecule has 0 amide bonds. The normalized spacial score (nSPS) is 12.8. The fourth-order valence-corrected chi connectivity index (χ4v) is 1.56. The maximum Gasteiger partial charge on any atom is 0.109 e. The van der Waals surface area contributed by atoms with E-state index in [1.165, 1.54) is 5.56 Å². The number of rotatable bonds is 5. The van der Waals surface area contributed by atoms with Crippen LogP contribution in [0.3, 0.4) is 0 Å². The summed E-state index contributed by atoms with van der Waals surface area (Å²) in [5, 5.41) is 11.2. The first-order chi connectivity index (χ1) is 6.76. The van der Waals surface area contributed by atoms with Gasteiger partial charge >= 0.3 is 0 Å². The number of nitrogens with two attached hydrogens (primary N) is 1. The van der Waals surface area contributed by atoms with Crippen LogP contribution in [0.5, 0.6) is 0 Å². The fourth-order valence-electron chi connectivity index (χ4n) is 1.29. The van der Waals surface area contributed by atoms with Crippen LogP contribution in [-0.4, -0.2) is 17.8 Å². The molecule has 78 valence electrons.